The van der Waals surface area contributed by atoms with Gasteiger partial charge in [-0.25, -0.2) is 0 Å². The second-order valence-corrected chi connectivity index (χ2v) is 5.62. The summed E-state index contributed by atoms with van der Waals surface area (Å²) in [5.74, 6) is 0.406. The SMILES string of the molecule is CC(C)c1ccc(NC(=O)CNc2ccc(Cl)cc2)cc1. The minimum Gasteiger partial charge on any atom is -0.376 e. The number of carbonyl (C=O) groups is 1. The summed E-state index contributed by atoms with van der Waals surface area (Å²) in [7, 11) is 0. The number of nitrogens with one attached hydrogen (secondary N) is 2. The van der Waals surface area contributed by atoms with Crippen LogP contribution in [0.1, 0.15) is 25.3 Å². The zero-order valence-corrected chi connectivity index (χ0v) is 12.9. The van der Waals surface area contributed by atoms with Gasteiger partial charge in [-0.15, -0.1) is 0 Å². The van der Waals surface area contributed by atoms with Crippen molar-refractivity contribution in [3.8, 4) is 0 Å². The van der Waals surface area contributed by atoms with Crippen molar-refractivity contribution in [2.75, 3.05) is 17.2 Å². The maximum absolute atomic E-state index is 11.9. The van der Waals surface area contributed by atoms with Gasteiger partial charge in [-0.05, 0) is 47.9 Å². The van der Waals surface area contributed by atoms with Crippen molar-refractivity contribution < 1.29 is 4.79 Å². The Balaban J connectivity index is 1.85. The normalized spacial score (nSPS) is 10.5. The first kappa shape index (κ1) is 15.4. The quantitative estimate of drug-likeness (QED) is 0.853. The third kappa shape index (κ3) is 4.80. The van der Waals surface area contributed by atoms with Crippen LogP contribution in [0.5, 0.6) is 0 Å². The molecule has 2 N–H and O–H groups in total. The lowest BCUT2D eigenvalue weighted by atomic mass is 10.0. The highest BCUT2D eigenvalue weighted by atomic mass is 35.5. The molecule has 0 aliphatic rings. The number of amides is 1. The predicted octanol–water partition coefficient (Wildman–Crippen LogP) is 4.51. The standard InChI is InChI=1S/C17H19ClN2O/c1-12(2)13-3-7-16(8-4-13)20-17(21)11-19-15-9-5-14(18)6-10-15/h3-10,12,19H,11H2,1-2H3,(H,20,21). The molecule has 0 saturated carbocycles. The zero-order chi connectivity index (χ0) is 15.2. The highest BCUT2D eigenvalue weighted by Gasteiger charge is 2.03. The highest BCUT2D eigenvalue weighted by molar-refractivity contribution is 6.30. The number of hydrogen-bond donors (Lipinski definition) is 2. The summed E-state index contributed by atoms with van der Waals surface area (Å²) in [6, 6.07) is 15.2. The molecule has 0 radical (unpaired) electrons. The van der Waals surface area contributed by atoms with Gasteiger partial charge in [0.25, 0.3) is 0 Å². The average molecular weight is 303 g/mol. The Morgan fingerprint density at radius 1 is 1.00 bits per heavy atom. The zero-order valence-electron chi connectivity index (χ0n) is 12.2. The fraction of sp³-hybridized carbons (Fsp3) is 0.235. The van der Waals surface area contributed by atoms with Crippen LogP contribution in [0.3, 0.4) is 0 Å². The number of carbonyl (C=O) groups excluding carboxylic acids is 1. The molecule has 0 bridgehead atoms. The number of rotatable bonds is 5. The Labute approximate surface area is 130 Å². The van der Waals surface area contributed by atoms with Crippen LogP contribution in [0.25, 0.3) is 0 Å². The van der Waals surface area contributed by atoms with Gasteiger partial charge in [-0.1, -0.05) is 37.6 Å². The van der Waals surface area contributed by atoms with Gasteiger partial charge in [0.05, 0.1) is 6.54 Å². The predicted molar refractivity (Wildman–Crippen MR) is 89.1 cm³/mol. The van der Waals surface area contributed by atoms with E-state index < -0.39 is 0 Å². The molecule has 2 aromatic carbocycles. The van der Waals surface area contributed by atoms with Crippen LogP contribution >= 0.6 is 11.6 Å². The fourth-order valence-corrected chi connectivity index (χ4v) is 2.03. The molecule has 2 aromatic rings. The lowest BCUT2D eigenvalue weighted by Gasteiger charge is -2.09. The molecule has 110 valence electrons. The van der Waals surface area contributed by atoms with Gasteiger partial charge >= 0.3 is 0 Å². The van der Waals surface area contributed by atoms with E-state index in [0.29, 0.717) is 10.9 Å². The van der Waals surface area contributed by atoms with E-state index in [0.717, 1.165) is 11.4 Å². The van der Waals surface area contributed by atoms with Crippen molar-refractivity contribution in [1.82, 2.24) is 0 Å². The maximum atomic E-state index is 11.9. The molecule has 21 heavy (non-hydrogen) atoms. The van der Waals surface area contributed by atoms with Gasteiger partial charge in [-0.3, -0.25) is 4.79 Å². The van der Waals surface area contributed by atoms with E-state index in [9.17, 15) is 4.79 Å². The Hall–Kier alpha value is -2.00. The number of halogens is 1. The van der Waals surface area contributed by atoms with E-state index in [4.69, 9.17) is 11.6 Å². The molecule has 1 amide bonds. The molecule has 4 heteroatoms. The molecule has 0 saturated heterocycles. The van der Waals surface area contributed by atoms with Gasteiger partial charge in [0.1, 0.15) is 0 Å². The summed E-state index contributed by atoms with van der Waals surface area (Å²) in [6.07, 6.45) is 0. The van der Waals surface area contributed by atoms with Crippen molar-refractivity contribution in [2.24, 2.45) is 0 Å². The Kier molecular flexibility index (Phi) is 5.23. The van der Waals surface area contributed by atoms with E-state index in [1.165, 1.54) is 5.56 Å². The molecule has 0 aliphatic carbocycles. The first-order chi connectivity index (χ1) is 10.0. The van der Waals surface area contributed by atoms with Gasteiger partial charge in [0.2, 0.25) is 5.91 Å². The molecule has 0 unspecified atom stereocenters. The monoisotopic (exact) mass is 302 g/mol. The summed E-state index contributed by atoms with van der Waals surface area (Å²) in [5.41, 5.74) is 2.93. The molecule has 0 aromatic heterocycles. The van der Waals surface area contributed by atoms with Gasteiger partial charge in [0.15, 0.2) is 0 Å². The topological polar surface area (TPSA) is 41.1 Å². The molecule has 2 rings (SSSR count). The Morgan fingerprint density at radius 2 is 1.57 bits per heavy atom. The second kappa shape index (κ2) is 7.14. The molecule has 3 nitrogen and oxygen atoms in total. The largest absolute Gasteiger partial charge is 0.376 e. The average Bonchev–Trinajstić information content (AvgIpc) is 2.47. The second-order valence-electron chi connectivity index (χ2n) is 5.19. The van der Waals surface area contributed by atoms with Crippen LogP contribution in [-0.4, -0.2) is 12.5 Å². The van der Waals surface area contributed by atoms with E-state index in [-0.39, 0.29) is 12.5 Å². The van der Waals surface area contributed by atoms with Crippen molar-refractivity contribution in [2.45, 2.75) is 19.8 Å². The van der Waals surface area contributed by atoms with Crippen LogP contribution in [0, 0.1) is 0 Å². The molecule has 0 fully saturated rings. The summed E-state index contributed by atoms with van der Waals surface area (Å²) in [5, 5.41) is 6.59. The molecule has 0 heterocycles. The van der Waals surface area contributed by atoms with Crippen LogP contribution in [0.4, 0.5) is 11.4 Å². The van der Waals surface area contributed by atoms with Crippen molar-refractivity contribution in [3.05, 3.63) is 59.1 Å². The number of anilines is 2. The van der Waals surface area contributed by atoms with Gasteiger partial charge in [-0.2, -0.15) is 0 Å². The van der Waals surface area contributed by atoms with Crippen LogP contribution < -0.4 is 10.6 Å². The van der Waals surface area contributed by atoms with E-state index in [1.807, 2.05) is 36.4 Å². The van der Waals surface area contributed by atoms with E-state index in [1.54, 1.807) is 12.1 Å². The Morgan fingerprint density at radius 3 is 2.14 bits per heavy atom. The summed E-state index contributed by atoms with van der Waals surface area (Å²) in [6.45, 7) is 4.50. The maximum Gasteiger partial charge on any atom is 0.243 e. The van der Waals surface area contributed by atoms with Crippen LogP contribution in [-0.2, 0) is 4.79 Å². The smallest absolute Gasteiger partial charge is 0.243 e. The number of benzene rings is 2. The highest BCUT2D eigenvalue weighted by Crippen LogP contribution is 2.17. The molecular weight excluding hydrogens is 284 g/mol. The van der Waals surface area contributed by atoms with Crippen LogP contribution in [0.15, 0.2) is 48.5 Å². The third-order valence-electron chi connectivity index (χ3n) is 3.16. The molecular formula is C17H19ClN2O. The fourth-order valence-electron chi connectivity index (χ4n) is 1.91. The molecule has 0 atom stereocenters. The molecule has 0 spiro atoms. The van der Waals surface area contributed by atoms with Crippen molar-refractivity contribution in [1.29, 1.82) is 0 Å². The minimum absolute atomic E-state index is 0.0813. The van der Waals surface area contributed by atoms with Crippen molar-refractivity contribution >= 4 is 28.9 Å². The summed E-state index contributed by atoms with van der Waals surface area (Å²) < 4.78 is 0. The third-order valence-corrected chi connectivity index (χ3v) is 3.41. The minimum atomic E-state index is -0.0813. The lowest BCUT2D eigenvalue weighted by molar-refractivity contribution is -0.114. The van der Waals surface area contributed by atoms with Gasteiger partial charge < -0.3 is 10.6 Å². The van der Waals surface area contributed by atoms with Crippen LogP contribution in [0.2, 0.25) is 5.02 Å². The lowest BCUT2D eigenvalue weighted by Crippen LogP contribution is -2.21. The van der Waals surface area contributed by atoms with Gasteiger partial charge in [0, 0.05) is 16.4 Å². The summed E-state index contributed by atoms with van der Waals surface area (Å²) in [4.78, 5) is 11.9. The molecule has 0 aliphatic heterocycles. The number of hydrogen-bond acceptors (Lipinski definition) is 2. The summed E-state index contributed by atoms with van der Waals surface area (Å²) >= 11 is 5.81. The van der Waals surface area contributed by atoms with E-state index in [2.05, 4.69) is 24.5 Å². The first-order valence-corrected chi connectivity index (χ1v) is 7.31. The first-order valence-electron chi connectivity index (χ1n) is 6.94. The van der Waals surface area contributed by atoms with Crippen molar-refractivity contribution in [3.63, 3.8) is 0 Å². The van der Waals surface area contributed by atoms with E-state index >= 15 is 0 Å². The Bertz CT molecular complexity index is 591.